The van der Waals surface area contributed by atoms with Gasteiger partial charge in [0.05, 0.1) is 23.7 Å². The van der Waals surface area contributed by atoms with Crippen molar-refractivity contribution in [3.8, 4) is 11.3 Å². The van der Waals surface area contributed by atoms with Gasteiger partial charge in [0.2, 0.25) is 0 Å². The lowest BCUT2D eigenvalue weighted by molar-refractivity contribution is -0.137. The van der Waals surface area contributed by atoms with Gasteiger partial charge in [-0.3, -0.25) is 15.0 Å². The maximum atomic E-state index is 14.1. The Hall–Kier alpha value is -2.63. The first-order valence-corrected chi connectivity index (χ1v) is 11.6. The SMILES string of the molecule is C[C@@H]1CC[C@H](C)N1Cc1sc(NC(=O)c2cnc(Cl)cn2)nc1-c1cc(F)cc(C(F)(F)F)c1. The van der Waals surface area contributed by atoms with Crippen molar-refractivity contribution in [1.82, 2.24) is 19.9 Å². The molecule has 1 aromatic carbocycles. The maximum absolute atomic E-state index is 14.1. The van der Waals surface area contributed by atoms with Crippen LogP contribution in [0.15, 0.2) is 30.6 Å². The summed E-state index contributed by atoms with van der Waals surface area (Å²) >= 11 is 6.83. The molecule has 1 aliphatic heterocycles. The summed E-state index contributed by atoms with van der Waals surface area (Å²) in [7, 11) is 0. The summed E-state index contributed by atoms with van der Waals surface area (Å²) in [5, 5.41) is 2.88. The van der Waals surface area contributed by atoms with E-state index in [1.807, 2.05) is 0 Å². The van der Waals surface area contributed by atoms with E-state index in [1.165, 1.54) is 12.4 Å². The molecule has 1 aliphatic rings. The first kappa shape index (κ1) is 24.5. The Morgan fingerprint density at radius 3 is 2.50 bits per heavy atom. The molecule has 0 saturated carbocycles. The van der Waals surface area contributed by atoms with E-state index >= 15 is 0 Å². The second-order valence-electron chi connectivity index (χ2n) is 8.14. The van der Waals surface area contributed by atoms with Crippen LogP contribution in [0.2, 0.25) is 5.15 Å². The number of hydrogen-bond acceptors (Lipinski definition) is 6. The molecule has 3 aromatic rings. The lowest BCUT2D eigenvalue weighted by Gasteiger charge is -2.25. The average Bonchev–Trinajstić information content (AvgIpc) is 3.31. The molecule has 12 heteroatoms. The first-order valence-electron chi connectivity index (χ1n) is 10.4. The molecule has 1 saturated heterocycles. The van der Waals surface area contributed by atoms with Crippen LogP contribution in [-0.4, -0.2) is 37.8 Å². The van der Waals surface area contributed by atoms with Gasteiger partial charge in [0.25, 0.3) is 5.91 Å². The van der Waals surface area contributed by atoms with Crippen LogP contribution in [0.4, 0.5) is 22.7 Å². The van der Waals surface area contributed by atoms with E-state index in [9.17, 15) is 22.4 Å². The van der Waals surface area contributed by atoms with Crippen molar-refractivity contribution in [2.75, 3.05) is 5.32 Å². The van der Waals surface area contributed by atoms with Crippen LogP contribution >= 0.6 is 22.9 Å². The predicted octanol–water partition coefficient (Wildman–Crippen LogP) is 6.04. The minimum absolute atomic E-state index is 0.00500. The Labute approximate surface area is 202 Å². The van der Waals surface area contributed by atoms with Gasteiger partial charge in [-0.1, -0.05) is 22.9 Å². The molecule has 6 nitrogen and oxygen atoms in total. The number of likely N-dealkylation sites (tertiary alicyclic amines) is 1. The Morgan fingerprint density at radius 2 is 1.88 bits per heavy atom. The predicted molar refractivity (Wildman–Crippen MR) is 121 cm³/mol. The highest BCUT2D eigenvalue weighted by atomic mass is 35.5. The van der Waals surface area contributed by atoms with Crippen LogP contribution in [0, 0.1) is 5.82 Å². The number of carbonyl (C=O) groups excluding carboxylic acids is 1. The van der Waals surface area contributed by atoms with Crippen LogP contribution in [0.1, 0.15) is 47.6 Å². The van der Waals surface area contributed by atoms with Crippen LogP contribution < -0.4 is 5.32 Å². The monoisotopic (exact) mass is 513 g/mol. The standard InChI is InChI=1S/C22H20ClF4N5OS/c1-11-3-4-12(2)32(11)10-17-19(13-5-14(22(25,26)27)7-15(24)6-13)30-21(34-17)31-20(33)16-8-29-18(23)9-28-16/h5-9,11-12H,3-4,10H2,1-2H3,(H,30,31,33)/t11-,12+. The van der Waals surface area contributed by atoms with Gasteiger partial charge in [-0.05, 0) is 44.9 Å². The summed E-state index contributed by atoms with van der Waals surface area (Å²) in [6.45, 7) is 4.57. The number of amides is 1. The lowest BCUT2D eigenvalue weighted by Crippen LogP contribution is -2.31. The number of nitrogens with one attached hydrogen (secondary N) is 1. The highest BCUT2D eigenvalue weighted by Crippen LogP contribution is 2.38. The van der Waals surface area contributed by atoms with Crippen molar-refractivity contribution in [2.24, 2.45) is 0 Å². The van der Waals surface area contributed by atoms with Crippen molar-refractivity contribution in [1.29, 1.82) is 0 Å². The van der Waals surface area contributed by atoms with Gasteiger partial charge in [0, 0.05) is 29.1 Å². The number of nitrogens with zero attached hydrogens (tertiary/aromatic N) is 4. The van der Waals surface area contributed by atoms with Crippen molar-refractivity contribution in [2.45, 2.75) is 51.5 Å². The molecule has 0 bridgehead atoms. The van der Waals surface area contributed by atoms with E-state index in [0.29, 0.717) is 17.5 Å². The molecule has 3 heterocycles. The molecular formula is C22H20ClF4N5OS. The molecule has 0 radical (unpaired) electrons. The van der Waals surface area contributed by atoms with Crippen LogP contribution in [0.5, 0.6) is 0 Å². The van der Waals surface area contributed by atoms with Crippen LogP contribution in [0.25, 0.3) is 11.3 Å². The van der Waals surface area contributed by atoms with Crippen molar-refractivity contribution in [3.63, 3.8) is 0 Å². The second kappa shape index (κ2) is 9.55. The zero-order valence-electron chi connectivity index (χ0n) is 18.2. The molecule has 1 N–H and O–H groups in total. The molecular weight excluding hydrogens is 494 g/mol. The van der Waals surface area contributed by atoms with Gasteiger partial charge < -0.3 is 0 Å². The number of thiazole rings is 1. The Bertz CT molecular complexity index is 1190. The number of alkyl halides is 3. The second-order valence-corrected chi connectivity index (χ2v) is 9.61. The Morgan fingerprint density at radius 1 is 1.18 bits per heavy atom. The number of halogens is 5. The highest BCUT2D eigenvalue weighted by Gasteiger charge is 2.33. The van der Waals surface area contributed by atoms with Crippen LogP contribution in [0.3, 0.4) is 0 Å². The first-order chi connectivity index (χ1) is 16.0. The van der Waals surface area contributed by atoms with Gasteiger partial charge in [-0.25, -0.2) is 19.3 Å². The number of rotatable bonds is 5. The minimum Gasteiger partial charge on any atom is -0.296 e. The Balaban J connectivity index is 1.72. The smallest absolute Gasteiger partial charge is 0.296 e. The summed E-state index contributed by atoms with van der Waals surface area (Å²) in [5.41, 5.74) is -0.926. The van der Waals surface area contributed by atoms with E-state index in [0.717, 1.165) is 36.3 Å². The van der Waals surface area contributed by atoms with Gasteiger partial charge in [-0.15, -0.1) is 0 Å². The summed E-state index contributed by atoms with van der Waals surface area (Å²) in [6.07, 6.45) is -0.312. The van der Waals surface area contributed by atoms with Crippen molar-refractivity contribution < 1.29 is 22.4 Å². The van der Waals surface area contributed by atoms with E-state index in [4.69, 9.17) is 11.6 Å². The summed E-state index contributed by atoms with van der Waals surface area (Å²) < 4.78 is 54.1. The van der Waals surface area contributed by atoms with Gasteiger partial charge in [0.1, 0.15) is 16.7 Å². The van der Waals surface area contributed by atoms with Gasteiger partial charge >= 0.3 is 6.18 Å². The normalized spacial score (nSPS) is 18.9. The molecule has 1 fully saturated rings. The molecule has 2 aromatic heterocycles. The van der Waals surface area contributed by atoms with Crippen LogP contribution in [-0.2, 0) is 12.7 Å². The Kier molecular flexibility index (Phi) is 6.88. The van der Waals surface area contributed by atoms with Crippen molar-refractivity contribution >= 4 is 34.0 Å². The molecule has 0 unspecified atom stereocenters. The summed E-state index contributed by atoms with van der Waals surface area (Å²) in [6, 6.07) is 2.87. The lowest BCUT2D eigenvalue weighted by atomic mass is 10.1. The van der Waals surface area contributed by atoms with E-state index in [2.05, 4.69) is 39.0 Å². The maximum Gasteiger partial charge on any atom is 0.416 e. The fourth-order valence-corrected chi connectivity index (χ4v) is 5.03. The summed E-state index contributed by atoms with van der Waals surface area (Å²) in [5.74, 6) is -1.62. The molecule has 2 atom stereocenters. The fourth-order valence-electron chi connectivity index (χ4n) is 3.94. The quantitative estimate of drug-likeness (QED) is 0.421. The summed E-state index contributed by atoms with van der Waals surface area (Å²) in [4.78, 5) is 27.5. The molecule has 4 rings (SSSR count). The highest BCUT2D eigenvalue weighted by molar-refractivity contribution is 7.16. The third-order valence-electron chi connectivity index (χ3n) is 5.73. The molecule has 0 aliphatic carbocycles. The van der Waals surface area contributed by atoms with Gasteiger partial charge in [0.15, 0.2) is 5.13 Å². The van der Waals surface area contributed by atoms with Crippen molar-refractivity contribution in [3.05, 3.63) is 57.7 Å². The number of carbonyl (C=O) groups is 1. The van der Waals surface area contributed by atoms with E-state index < -0.39 is 23.5 Å². The molecule has 1 amide bonds. The van der Waals surface area contributed by atoms with E-state index in [-0.39, 0.29) is 39.3 Å². The molecule has 180 valence electrons. The zero-order valence-corrected chi connectivity index (χ0v) is 19.7. The molecule has 0 spiro atoms. The van der Waals surface area contributed by atoms with Gasteiger partial charge in [-0.2, -0.15) is 13.2 Å². The third-order valence-corrected chi connectivity index (χ3v) is 6.88. The largest absolute Gasteiger partial charge is 0.416 e. The average molecular weight is 514 g/mol. The third kappa shape index (κ3) is 5.37. The number of hydrogen-bond donors (Lipinski definition) is 1. The fraction of sp³-hybridized carbons (Fsp3) is 0.364. The number of benzene rings is 1. The minimum atomic E-state index is -4.71. The number of anilines is 1. The zero-order chi connectivity index (χ0) is 24.6. The topological polar surface area (TPSA) is 71.0 Å². The number of aromatic nitrogens is 3. The van der Waals surface area contributed by atoms with E-state index in [1.54, 1.807) is 0 Å². The molecule has 34 heavy (non-hydrogen) atoms.